The molecule has 0 aliphatic rings. The summed E-state index contributed by atoms with van der Waals surface area (Å²) in [5, 5.41) is 1.92. The third kappa shape index (κ3) is 5.75. The summed E-state index contributed by atoms with van der Waals surface area (Å²) in [6.07, 6.45) is -4.74. The lowest BCUT2D eigenvalue weighted by Gasteiger charge is -2.26. The molecule has 1 N–H and O–H groups in total. The van der Waals surface area contributed by atoms with Crippen molar-refractivity contribution >= 4 is 50.5 Å². The van der Waals surface area contributed by atoms with Crippen LogP contribution in [0, 0.1) is 0 Å². The normalized spacial score (nSPS) is 11.7. The number of rotatable bonds is 7. The number of hydrogen-bond donors (Lipinski definition) is 1. The highest BCUT2D eigenvalue weighted by Crippen LogP contribution is 2.37. The molecule has 3 aromatic carbocycles. The fourth-order valence-corrected chi connectivity index (χ4v) is 4.86. The van der Waals surface area contributed by atoms with Gasteiger partial charge in [0.05, 0.1) is 28.3 Å². The summed E-state index contributed by atoms with van der Waals surface area (Å²) in [6.45, 7) is -0.780. The van der Waals surface area contributed by atoms with Gasteiger partial charge in [0.1, 0.15) is 12.3 Å². The second kappa shape index (κ2) is 10.1. The topological polar surface area (TPSA) is 75.7 Å². The lowest BCUT2D eigenvalue weighted by Crippen LogP contribution is -2.38. The number of methoxy groups -OCH3 is 1. The fraction of sp³-hybridized carbons (Fsp3) is 0.136. The SMILES string of the molecule is COc1ccc(Cl)cc1N(CC(=O)Nc1ccc(Cl)c(C(F)(F)F)c1)S(=O)(=O)c1ccccc1. The number of alkyl halides is 3. The number of nitrogens with one attached hydrogen (secondary N) is 1. The van der Waals surface area contributed by atoms with Crippen molar-refractivity contribution in [1.29, 1.82) is 0 Å². The molecule has 0 unspecified atom stereocenters. The van der Waals surface area contributed by atoms with Crippen molar-refractivity contribution in [2.45, 2.75) is 11.1 Å². The van der Waals surface area contributed by atoms with Crippen LogP contribution in [-0.4, -0.2) is 28.0 Å². The van der Waals surface area contributed by atoms with Gasteiger partial charge in [0, 0.05) is 10.7 Å². The summed E-state index contributed by atoms with van der Waals surface area (Å²) in [6, 6.07) is 14.3. The van der Waals surface area contributed by atoms with Crippen molar-refractivity contribution in [2.75, 3.05) is 23.3 Å². The molecule has 3 aromatic rings. The molecule has 0 saturated heterocycles. The number of hydrogen-bond acceptors (Lipinski definition) is 4. The van der Waals surface area contributed by atoms with E-state index in [4.69, 9.17) is 27.9 Å². The molecule has 0 aliphatic carbocycles. The molecule has 0 heterocycles. The first-order valence-corrected chi connectivity index (χ1v) is 11.7. The smallest absolute Gasteiger partial charge is 0.417 e. The molecular formula is C22H17Cl2F3N2O4S. The van der Waals surface area contributed by atoms with Crippen LogP contribution >= 0.6 is 23.2 Å². The summed E-state index contributed by atoms with van der Waals surface area (Å²) in [5.74, 6) is -0.792. The predicted octanol–water partition coefficient (Wildman–Crippen LogP) is 5.85. The molecule has 0 aromatic heterocycles. The number of amides is 1. The summed E-state index contributed by atoms with van der Waals surface area (Å²) in [5.41, 5.74) is -1.38. The number of nitrogens with zero attached hydrogens (tertiary/aromatic N) is 1. The van der Waals surface area contributed by atoms with Crippen LogP contribution in [0.3, 0.4) is 0 Å². The Morgan fingerprint density at radius 3 is 2.32 bits per heavy atom. The predicted molar refractivity (Wildman–Crippen MR) is 124 cm³/mol. The van der Waals surface area contributed by atoms with Gasteiger partial charge in [-0.05, 0) is 48.5 Å². The Morgan fingerprint density at radius 1 is 1.03 bits per heavy atom. The number of sulfonamides is 1. The van der Waals surface area contributed by atoms with E-state index in [0.29, 0.717) is 6.07 Å². The molecule has 34 heavy (non-hydrogen) atoms. The van der Waals surface area contributed by atoms with Crippen LogP contribution in [0.15, 0.2) is 71.6 Å². The van der Waals surface area contributed by atoms with Gasteiger partial charge in [-0.25, -0.2) is 8.42 Å². The Morgan fingerprint density at radius 2 is 1.71 bits per heavy atom. The maximum atomic E-state index is 13.4. The number of anilines is 2. The van der Waals surface area contributed by atoms with Crippen molar-refractivity contribution in [1.82, 2.24) is 0 Å². The molecule has 0 radical (unpaired) electrons. The van der Waals surface area contributed by atoms with Crippen molar-refractivity contribution < 1.29 is 31.1 Å². The number of carbonyl (C=O) groups excluding carboxylic acids is 1. The molecule has 0 saturated carbocycles. The molecule has 180 valence electrons. The van der Waals surface area contributed by atoms with Gasteiger partial charge in [-0.1, -0.05) is 41.4 Å². The average molecular weight is 533 g/mol. The van der Waals surface area contributed by atoms with E-state index in [1.165, 1.54) is 55.6 Å². The number of benzene rings is 3. The quantitative estimate of drug-likeness (QED) is 0.413. The molecule has 0 bridgehead atoms. The first kappa shape index (κ1) is 25.7. The van der Waals surface area contributed by atoms with E-state index in [9.17, 15) is 26.4 Å². The Hall–Kier alpha value is -2.95. The zero-order valence-electron chi connectivity index (χ0n) is 17.4. The molecule has 0 aliphatic heterocycles. The van der Waals surface area contributed by atoms with Gasteiger partial charge in [-0.15, -0.1) is 0 Å². The van der Waals surface area contributed by atoms with Crippen LogP contribution in [0.2, 0.25) is 10.0 Å². The van der Waals surface area contributed by atoms with Crippen molar-refractivity contribution in [3.05, 3.63) is 82.3 Å². The second-order valence-electron chi connectivity index (χ2n) is 6.88. The van der Waals surface area contributed by atoms with Crippen LogP contribution in [0.1, 0.15) is 5.56 Å². The Balaban J connectivity index is 2.01. The monoisotopic (exact) mass is 532 g/mol. The fourth-order valence-electron chi connectivity index (χ4n) is 3.03. The molecule has 1 amide bonds. The van der Waals surface area contributed by atoms with Crippen LogP contribution < -0.4 is 14.4 Å². The highest BCUT2D eigenvalue weighted by Gasteiger charge is 2.34. The average Bonchev–Trinajstić information content (AvgIpc) is 2.78. The molecule has 0 spiro atoms. The van der Waals surface area contributed by atoms with Crippen LogP contribution in [0.25, 0.3) is 0 Å². The molecular weight excluding hydrogens is 516 g/mol. The summed E-state index contributed by atoms with van der Waals surface area (Å²) in [7, 11) is -2.98. The van der Waals surface area contributed by atoms with E-state index < -0.39 is 39.2 Å². The standard InChI is InChI=1S/C22H17Cl2F3N2O4S/c1-33-20-10-7-14(23)11-19(20)29(34(31,32)16-5-3-2-4-6-16)13-21(30)28-15-8-9-18(24)17(12-15)22(25,26)27/h2-12H,13H2,1H3,(H,28,30). The first-order valence-electron chi connectivity index (χ1n) is 9.51. The van der Waals surface area contributed by atoms with Crippen molar-refractivity contribution in [3.63, 3.8) is 0 Å². The maximum Gasteiger partial charge on any atom is 0.417 e. The van der Waals surface area contributed by atoms with Gasteiger partial charge < -0.3 is 10.1 Å². The van der Waals surface area contributed by atoms with Gasteiger partial charge in [0.15, 0.2) is 0 Å². The maximum absolute atomic E-state index is 13.4. The minimum absolute atomic E-state index is 0.0268. The van der Waals surface area contributed by atoms with E-state index in [0.717, 1.165) is 10.4 Å². The van der Waals surface area contributed by atoms with Gasteiger partial charge in [0.25, 0.3) is 10.0 Å². The summed E-state index contributed by atoms with van der Waals surface area (Å²) in [4.78, 5) is 12.7. The van der Waals surface area contributed by atoms with Gasteiger partial charge >= 0.3 is 6.18 Å². The minimum atomic E-state index is -4.74. The molecule has 3 rings (SSSR count). The van der Waals surface area contributed by atoms with Gasteiger partial charge in [0.2, 0.25) is 5.91 Å². The Kier molecular flexibility index (Phi) is 7.64. The molecule has 6 nitrogen and oxygen atoms in total. The number of halogens is 5. The third-order valence-corrected chi connectivity index (χ3v) is 6.92. The van der Waals surface area contributed by atoms with E-state index in [1.54, 1.807) is 6.07 Å². The van der Waals surface area contributed by atoms with E-state index in [1.807, 2.05) is 0 Å². The lowest BCUT2D eigenvalue weighted by atomic mass is 10.2. The third-order valence-electron chi connectivity index (χ3n) is 4.58. The number of ether oxygens (including phenoxy) is 1. The lowest BCUT2D eigenvalue weighted by molar-refractivity contribution is -0.137. The molecule has 0 atom stereocenters. The largest absolute Gasteiger partial charge is 0.495 e. The molecule has 12 heteroatoms. The van der Waals surface area contributed by atoms with Gasteiger partial charge in [-0.3, -0.25) is 9.10 Å². The zero-order valence-corrected chi connectivity index (χ0v) is 19.8. The highest BCUT2D eigenvalue weighted by atomic mass is 35.5. The Bertz CT molecular complexity index is 1300. The summed E-state index contributed by atoms with van der Waals surface area (Å²) >= 11 is 11.7. The van der Waals surface area contributed by atoms with Crippen LogP contribution in [0.4, 0.5) is 24.5 Å². The van der Waals surface area contributed by atoms with E-state index >= 15 is 0 Å². The van der Waals surface area contributed by atoms with Crippen molar-refractivity contribution in [3.8, 4) is 5.75 Å². The second-order valence-corrected chi connectivity index (χ2v) is 9.59. The van der Waals surface area contributed by atoms with E-state index in [-0.39, 0.29) is 27.0 Å². The number of carbonyl (C=O) groups is 1. The molecule has 0 fully saturated rings. The highest BCUT2D eigenvalue weighted by molar-refractivity contribution is 7.92. The van der Waals surface area contributed by atoms with Crippen LogP contribution in [0.5, 0.6) is 5.75 Å². The zero-order chi connectivity index (χ0) is 25.1. The van der Waals surface area contributed by atoms with Gasteiger partial charge in [-0.2, -0.15) is 13.2 Å². The Labute approximate surface area is 203 Å². The van der Waals surface area contributed by atoms with Crippen molar-refractivity contribution in [2.24, 2.45) is 0 Å². The van der Waals surface area contributed by atoms with Crippen LogP contribution in [-0.2, 0) is 21.0 Å². The minimum Gasteiger partial charge on any atom is -0.495 e. The summed E-state index contributed by atoms with van der Waals surface area (Å²) < 4.78 is 72.3. The van der Waals surface area contributed by atoms with E-state index in [2.05, 4.69) is 5.32 Å². The first-order chi connectivity index (χ1) is 15.9.